The highest BCUT2D eigenvalue weighted by atomic mass is 16.3. The van der Waals surface area contributed by atoms with E-state index >= 15 is 0 Å². The SMILES string of the molecule is CC(=O)NCCNCc1cccc(-c2nc3c(O)c(O)ccc3[nH]2)c1. The molecule has 0 bridgehead atoms. The molecule has 1 aromatic heterocycles. The molecule has 7 nitrogen and oxygen atoms in total. The Morgan fingerprint density at radius 1 is 1.20 bits per heavy atom. The predicted octanol–water partition coefficient (Wildman–Crippen LogP) is 1.87. The molecule has 0 saturated heterocycles. The first-order chi connectivity index (χ1) is 12.0. The maximum atomic E-state index is 10.8. The van der Waals surface area contributed by atoms with Crippen molar-refractivity contribution in [3.05, 3.63) is 42.0 Å². The Morgan fingerprint density at radius 3 is 2.84 bits per heavy atom. The van der Waals surface area contributed by atoms with Gasteiger partial charge in [0.2, 0.25) is 5.91 Å². The van der Waals surface area contributed by atoms with E-state index in [0.29, 0.717) is 36.5 Å². The molecule has 25 heavy (non-hydrogen) atoms. The molecule has 1 heterocycles. The van der Waals surface area contributed by atoms with Gasteiger partial charge in [-0.1, -0.05) is 18.2 Å². The number of hydrogen-bond donors (Lipinski definition) is 5. The second kappa shape index (κ2) is 7.23. The summed E-state index contributed by atoms with van der Waals surface area (Å²) in [5.74, 6) is 0.164. The zero-order valence-electron chi connectivity index (χ0n) is 13.8. The van der Waals surface area contributed by atoms with Crippen LogP contribution in [-0.2, 0) is 11.3 Å². The summed E-state index contributed by atoms with van der Waals surface area (Å²) in [4.78, 5) is 18.3. The number of carbonyl (C=O) groups is 1. The number of hydrogen-bond acceptors (Lipinski definition) is 5. The van der Waals surface area contributed by atoms with Gasteiger partial charge >= 0.3 is 0 Å². The van der Waals surface area contributed by atoms with E-state index in [1.807, 2.05) is 24.3 Å². The zero-order chi connectivity index (χ0) is 17.8. The molecule has 3 aromatic rings. The van der Waals surface area contributed by atoms with Gasteiger partial charge in [0.15, 0.2) is 11.5 Å². The highest BCUT2D eigenvalue weighted by Gasteiger charge is 2.12. The molecular formula is C18H20N4O3. The molecule has 0 aliphatic carbocycles. The number of benzene rings is 2. The Morgan fingerprint density at radius 2 is 2.04 bits per heavy atom. The van der Waals surface area contributed by atoms with E-state index in [-0.39, 0.29) is 17.4 Å². The number of phenolic OH excluding ortho intramolecular Hbond substituents is 2. The molecule has 0 saturated carbocycles. The lowest BCUT2D eigenvalue weighted by Crippen LogP contribution is -2.29. The molecule has 0 radical (unpaired) electrons. The van der Waals surface area contributed by atoms with Crippen LogP contribution < -0.4 is 10.6 Å². The van der Waals surface area contributed by atoms with Crippen LogP contribution in [0.4, 0.5) is 0 Å². The number of nitrogens with zero attached hydrogens (tertiary/aromatic N) is 1. The fourth-order valence-electron chi connectivity index (χ4n) is 2.58. The van der Waals surface area contributed by atoms with Crippen LogP contribution >= 0.6 is 0 Å². The van der Waals surface area contributed by atoms with Crippen LogP contribution in [0, 0.1) is 0 Å². The van der Waals surface area contributed by atoms with E-state index in [4.69, 9.17) is 0 Å². The van der Waals surface area contributed by atoms with Crippen LogP contribution in [0.3, 0.4) is 0 Å². The molecule has 130 valence electrons. The van der Waals surface area contributed by atoms with Gasteiger partial charge in [-0.3, -0.25) is 4.79 Å². The van der Waals surface area contributed by atoms with E-state index in [9.17, 15) is 15.0 Å². The lowest BCUT2D eigenvalue weighted by molar-refractivity contribution is -0.118. The van der Waals surface area contributed by atoms with Crippen LogP contribution in [0.1, 0.15) is 12.5 Å². The monoisotopic (exact) mass is 340 g/mol. The molecular weight excluding hydrogens is 320 g/mol. The van der Waals surface area contributed by atoms with Crippen molar-refractivity contribution < 1.29 is 15.0 Å². The van der Waals surface area contributed by atoms with Crippen molar-refractivity contribution in [1.29, 1.82) is 0 Å². The third kappa shape index (κ3) is 3.89. The number of imidazole rings is 1. The van der Waals surface area contributed by atoms with Crippen molar-refractivity contribution >= 4 is 16.9 Å². The van der Waals surface area contributed by atoms with Crippen LogP contribution in [0.25, 0.3) is 22.4 Å². The fourth-order valence-corrected chi connectivity index (χ4v) is 2.58. The number of rotatable bonds is 6. The summed E-state index contributed by atoms with van der Waals surface area (Å²) in [5, 5.41) is 25.5. The Hall–Kier alpha value is -3.06. The van der Waals surface area contributed by atoms with Gasteiger partial charge in [-0.15, -0.1) is 0 Å². The topological polar surface area (TPSA) is 110 Å². The van der Waals surface area contributed by atoms with Gasteiger partial charge in [0.25, 0.3) is 0 Å². The second-order valence-electron chi connectivity index (χ2n) is 5.77. The number of carbonyl (C=O) groups excluding carboxylic acids is 1. The summed E-state index contributed by atoms with van der Waals surface area (Å²) in [6.07, 6.45) is 0. The number of phenols is 2. The maximum absolute atomic E-state index is 10.8. The zero-order valence-corrected chi connectivity index (χ0v) is 13.8. The van der Waals surface area contributed by atoms with Gasteiger partial charge in [-0.25, -0.2) is 4.98 Å². The van der Waals surface area contributed by atoms with Crippen LogP contribution in [0.15, 0.2) is 36.4 Å². The van der Waals surface area contributed by atoms with Crippen molar-refractivity contribution in [2.75, 3.05) is 13.1 Å². The third-order valence-corrected chi connectivity index (χ3v) is 3.81. The van der Waals surface area contributed by atoms with Gasteiger partial charge in [0.1, 0.15) is 11.3 Å². The largest absolute Gasteiger partial charge is 0.504 e. The van der Waals surface area contributed by atoms with Crippen LogP contribution in [0.5, 0.6) is 11.5 Å². The predicted molar refractivity (Wildman–Crippen MR) is 95.2 cm³/mol. The molecule has 2 aromatic carbocycles. The van der Waals surface area contributed by atoms with E-state index in [0.717, 1.165) is 11.1 Å². The number of nitrogens with one attached hydrogen (secondary N) is 3. The number of aromatic amines is 1. The second-order valence-corrected chi connectivity index (χ2v) is 5.77. The van der Waals surface area contributed by atoms with Crippen molar-refractivity contribution in [2.24, 2.45) is 0 Å². The quantitative estimate of drug-likeness (QED) is 0.347. The van der Waals surface area contributed by atoms with Gasteiger partial charge < -0.3 is 25.8 Å². The first-order valence-electron chi connectivity index (χ1n) is 7.99. The normalized spacial score (nSPS) is 10.9. The average molecular weight is 340 g/mol. The molecule has 1 amide bonds. The minimum absolute atomic E-state index is 0.0389. The number of fused-ring (bicyclic) bond motifs is 1. The van der Waals surface area contributed by atoms with Gasteiger partial charge in [0.05, 0.1) is 5.52 Å². The van der Waals surface area contributed by atoms with Gasteiger partial charge in [0, 0.05) is 32.1 Å². The Kier molecular flexibility index (Phi) is 4.85. The molecule has 0 atom stereocenters. The number of H-pyrrole nitrogens is 1. The molecule has 5 N–H and O–H groups in total. The molecule has 0 unspecified atom stereocenters. The van der Waals surface area contributed by atoms with E-state index < -0.39 is 0 Å². The van der Waals surface area contributed by atoms with Crippen molar-refractivity contribution in [3.8, 4) is 22.9 Å². The lowest BCUT2D eigenvalue weighted by atomic mass is 10.1. The number of amides is 1. The standard InChI is InChI=1S/C18H20N4O3/c1-11(23)20-8-7-19-10-12-3-2-4-13(9-12)18-21-14-5-6-15(24)17(25)16(14)22-18/h2-6,9,19,24-25H,7-8,10H2,1H3,(H,20,23)(H,21,22). The average Bonchev–Trinajstić information content (AvgIpc) is 3.03. The molecule has 0 aliphatic rings. The summed E-state index contributed by atoms with van der Waals surface area (Å²) in [6.45, 7) is 3.43. The summed E-state index contributed by atoms with van der Waals surface area (Å²) in [6, 6.07) is 11.0. The number of aromatic nitrogens is 2. The summed E-state index contributed by atoms with van der Waals surface area (Å²) in [7, 11) is 0. The smallest absolute Gasteiger partial charge is 0.216 e. The van der Waals surface area contributed by atoms with Crippen molar-refractivity contribution in [1.82, 2.24) is 20.6 Å². The van der Waals surface area contributed by atoms with Gasteiger partial charge in [-0.05, 0) is 23.8 Å². The molecule has 0 aliphatic heterocycles. The number of aromatic hydroxyl groups is 2. The van der Waals surface area contributed by atoms with Gasteiger partial charge in [-0.2, -0.15) is 0 Å². The molecule has 3 rings (SSSR count). The summed E-state index contributed by atoms with van der Waals surface area (Å²) >= 11 is 0. The molecule has 0 spiro atoms. The molecule has 0 fully saturated rings. The fraction of sp³-hybridized carbons (Fsp3) is 0.222. The first-order valence-corrected chi connectivity index (χ1v) is 7.99. The van der Waals surface area contributed by atoms with Crippen molar-refractivity contribution in [3.63, 3.8) is 0 Å². The lowest BCUT2D eigenvalue weighted by Gasteiger charge is -2.06. The molecule has 7 heteroatoms. The maximum Gasteiger partial charge on any atom is 0.216 e. The summed E-state index contributed by atoms with van der Waals surface area (Å²) < 4.78 is 0. The summed E-state index contributed by atoms with van der Waals surface area (Å²) in [5.41, 5.74) is 2.96. The Balaban J connectivity index is 1.73. The Labute approximate surface area is 144 Å². The highest BCUT2D eigenvalue weighted by Crippen LogP contribution is 2.33. The first kappa shape index (κ1) is 16.8. The highest BCUT2D eigenvalue weighted by molar-refractivity contribution is 5.86. The van der Waals surface area contributed by atoms with E-state index in [1.165, 1.54) is 13.0 Å². The van der Waals surface area contributed by atoms with Crippen molar-refractivity contribution in [2.45, 2.75) is 13.5 Å². The minimum atomic E-state index is -0.226. The van der Waals surface area contributed by atoms with E-state index in [1.54, 1.807) is 6.07 Å². The van der Waals surface area contributed by atoms with Crippen LogP contribution in [-0.4, -0.2) is 39.2 Å². The third-order valence-electron chi connectivity index (χ3n) is 3.81. The Bertz CT molecular complexity index is 904. The van der Waals surface area contributed by atoms with Crippen LogP contribution in [0.2, 0.25) is 0 Å². The van der Waals surface area contributed by atoms with E-state index in [2.05, 4.69) is 20.6 Å². The minimum Gasteiger partial charge on any atom is -0.504 e.